The molecule has 0 unspecified atom stereocenters. The topological polar surface area (TPSA) is 15.3 Å². The van der Waals surface area contributed by atoms with E-state index in [1.807, 2.05) is 0 Å². The minimum absolute atomic E-state index is 0.468. The van der Waals surface area contributed by atoms with Crippen LogP contribution in [0.5, 0.6) is 0 Å². The van der Waals surface area contributed by atoms with E-state index in [0.717, 1.165) is 1.93 Å². The normalized spacial score (nSPS) is 24.6. The number of hydrogen-bond acceptors (Lipinski definition) is 2. The molecular formula is C16H32I2N2. The largest absolute Gasteiger partial charge is 0.317 e. The lowest BCUT2D eigenvalue weighted by molar-refractivity contribution is 0.0329. The van der Waals surface area contributed by atoms with Crippen LogP contribution in [0.1, 0.15) is 58.8 Å². The van der Waals surface area contributed by atoms with Gasteiger partial charge in [-0.05, 0) is 84.5 Å². The van der Waals surface area contributed by atoms with Gasteiger partial charge in [-0.15, -0.1) is 0 Å². The van der Waals surface area contributed by atoms with E-state index in [4.69, 9.17) is 0 Å². The summed E-state index contributed by atoms with van der Waals surface area (Å²) in [6, 6.07) is 0. The zero-order valence-corrected chi connectivity index (χ0v) is 18.0. The molecule has 1 aliphatic heterocycles. The van der Waals surface area contributed by atoms with Gasteiger partial charge in [0, 0.05) is 5.54 Å². The van der Waals surface area contributed by atoms with E-state index in [9.17, 15) is 0 Å². The Morgan fingerprint density at radius 3 is 1.80 bits per heavy atom. The molecular weight excluding hydrogens is 474 g/mol. The molecule has 0 amide bonds. The molecule has 0 aromatic heterocycles. The van der Waals surface area contributed by atoms with Crippen molar-refractivity contribution < 1.29 is 0 Å². The molecule has 0 atom stereocenters. The van der Waals surface area contributed by atoms with Gasteiger partial charge in [-0.3, -0.25) is 0 Å². The van der Waals surface area contributed by atoms with E-state index < -0.39 is 0 Å². The number of hydrogen-bond donors (Lipinski definition) is 1. The van der Waals surface area contributed by atoms with Crippen LogP contribution >= 0.6 is 45.2 Å². The first-order valence-electron chi connectivity index (χ1n) is 8.00. The standard InChI is InChI=1S/C13H26N2.C3H6I2/c1-12(15(2)3)4-6-13(7-5-12)8-10-14-11-9-13;1-2-3(4)5/h14H,4-11H2,1-3H3;3H,2H2,1H3. The van der Waals surface area contributed by atoms with Crippen LogP contribution in [0, 0.1) is 5.41 Å². The predicted octanol–water partition coefficient (Wildman–Crippen LogP) is 4.84. The highest BCUT2D eigenvalue weighted by molar-refractivity contribution is 14.2. The molecule has 0 aromatic carbocycles. The van der Waals surface area contributed by atoms with E-state index >= 15 is 0 Å². The molecule has 0 radical (unpaired) electrons. The second-order valence-electron chi connectivity index (χ2n) is 6.94. The highest BCUT2D eigenvalue weighted by Crippen LogP contribution is 2.47. The molecule has 1 saturated carbocycles. The summed E-state index contributed by atoms with van der Waals surface area (Å²) in [4.78, 5) is 2.43. The molecule has 1 aliphatic carbocycles. The fourth-order valence-corrected chi connectivity index (χ4v) is 3.22. The van der Waals surface area contributed by atoms with Crippen LogP contribution in [0.2, 0.25) is 0 Å². The maximum Gasteiger partial charge on any atom is 0.0624 e. The van der Waals surface area contributed by atoms with Crippen molar-refractivity contribution >= 4 is 45.2 Å². The fourth-order valence-electron chi connectivity index (χ4n) is 3.22. The summed E-state index contributed by atoms with van der Waals surface area (Å²) in [6.07, 6.45) is 9.78. The van der Waals surface area contributed by atoms with Gasteiger partial charge in [0.25, 0.3) is 0 Å². The molecule has 1 heterocycles. The Morgan fingerprint density at radius 1 is 1.00 bits per heavy atom. The Bertz CT molecular complexity index is 264. The number of nitrogens with zero attached hydrogens (tertiary/aromatic N) is 1. The van der Waals surface area contributed by atoms with Gasteiger partial charge >= 0.3 is 0 Å². The van der Waals surface area contributed by atoms with Crippen LogP contribution in [0.15, 0.2) is 0 Å². The van der Waals surface area contributed by atoms with Gasteiger partial charge in [0.15, 0.2) is 0 Å². The summed E-state index contributed by atoms with van der Waals surface area (Å²) >= 11 is 4.79. The van der Waals surface area contributed by atoms with Crippen molar-refractivity contribution in [1.29, 1.82) is 0 Å². The van der Waals surface area contributed by atoms with Crippen molar-refractivity contribution in [2.45, 2.75) is 66.3 Å². The smallest absolute Gasteiger partial charge is 0.0624 e. The van der Waals surface area contributed by atoms with Gasteiger partial charge in [-0.2, -0.15) is 0 Å². The van der Waals surface area contributed by atoms with E-state index in [1.54, 1.807) is 0 Å². The van der Waals surface area contributed by atoms with Crippen molar-refractivity contribution in [1.82, 2.24) is 10.2 Å². The van der Waals surface area contributed by atoms with Crippen molar-refractivity contribution in [3.05, 3.63) is 0 Å². The van der Waals surface area contributed by atoms with Crippen LogP contribution in [0.4, 0.5) is 0 Å². The number of nitrogens with one attached hydrogen (secondary N) is 1. The third kappa shape index (κ3) is 5.88. The lowest BCUT2D eigenvalue weighted by Gasteiger charge is -2.49. The second kappa shape index (κ2) is 8.87. The van der Waals surface area contributed by atoms with Crippen molar-refractivity contribution in [2.75, 3.05) is 27.2 Å². The summed E-state index contributed by atoms with van der Waals surface area (Å²) in [5.41, 5.74) is 1.18. The highest BCUT2D eigenvalue weighted by Gasteiger charge is 2.41. The Balaban J connectivity index is 0.000000347. The minimum atomic E-state index is 0.468. The minimum Gasteiger partial charge on any atom is -0.317 e. The number of rotatable bonds is 2. The number of piperidine rings is 1. The van der Waals surface area contributed by atoms with Gasteiger partial charge in [0.2, 0.25) is 0 Å². The van der Waals surface area contributed by atoms with Crippen LogP contribution < -0.4 is 5.32 Å². The van der Waals surface area contributed by atoms with Gasteiger partial charge in [-0.1, -0.05) is 52.1 Å². The Labute approximate surface area is 153 Å². The monoisotopic (exact) mass is 506 g/mol. The molecule has 1 N–H and O–H groups in total. The van der Waals surface area contributed by atoms with E-state index in [-0.39, 0.29) is 0 Å². The number of halogens is 2. The molecule has 120 valence electrons. The molecule has 1 spiro atoms. The van der Waals surface area contributed by atoms with Gasteiger partial charge in [0.05, 0.1) is 1.93 Å². The Kier molecular flexibility index (Phi) is 8.61. The third-order valence-electron chi connectivity index (χ3n) is 5.44. The molecule has 2 rings (SSSR count). The van der Waals surface area contributed by atoms with Gasteiger partial charge in [-0.25, -0.2) is 0 Å². The van der Waals surface area contributed by atoms with Crippen LogP contribution in [0.3, 0.4) is 0 Å². The molecule has 0 aromatic rings. The first-order chi connectivity index (χ1) is 9.33. The lowest BCUT2D eigenvalue weighted by atomic mass is 9.63. The van der Waals surface area contributed by atoms with Gasteiger partial charge < -0.3 is 10.2 Å². The molecule has 2 aliphatic rings. The van der Waals surface area contributed by atoms with E-state index in [0.29, 0.717) is 11.0 Å². The van der Waals surface area contributed by atoms with Crippen LogP contribution in [0.25, 0.3) is 0 Å². The third-order valence-corrected chi connectivity index (χ3v) is 7.20. The summed E-state index contributed by atoms with van der Waals surface area (Å²) in [5, 5.41) is 3.49. The summed E-state index contributed by atoms with van der Waals surface area (Å²) in [7, 11) is 4.47. The van der Waals surface area contributed by atoms with Crippen molar-refractivity contribution in [2.24, 2.45) is 5.41 Å². The van der Waals surface area contributed by atoms with Crippen LogP contribution in [-0.4, -0.2) is 39.6 Å². The summed E-state index contributed by atoms with van der Waals surface area (Å²) in [5.74, 6) is 0. The summed E-state index contributed by atoms with van der Waals surface area (Å²) < 4.78 is 0.824. The second-order valence-corrected chi connectivity index (χ2v) is 12.3. The van der Waals surface area contributed by atoms with Gasteiger partial charge in [0.1, 0.15) is 0 Å². The first kappa shape index (κ1) is 19.4. The maximum atomic E-state index is 3.49. The number of alkyl halides is 2. The van der Waals surface area contributed by atoms with Crippen molar-refractivity contribution in [3.8, 4) is 0 Å². The molecule has 0 bridgehead atoms. The Hall–Kier alpha value is 1.38. The average molecular weight is 506 g/mol. The van der Waals surface area contributed by atoms with E-state index in [1.165, 1.54) is 58.0 Å². The average Bonchev–Trinajstić information content (AvgIpc) is 2.44. The SMILES string of the molecule is CCC(I)I.CN(C)C1(C)CCC2(CCNCC2)CC1. The quantitative estimate of drug-likeness (QED) is 0.426. The lowest BCUT2D eigenvalue weighted by Crippen LogP contribution is -2.49. The first-order valence-corrected chi connectivity index (χ1v) is 10.5. The Morgan fingerprint density at radius 2 is 1.45 bits per heavy atom. The van der Waals surface area contributed by atoms with Crippen molar-refractivity contribution in [3.63, 3.8) is 0 Å². The highest BCUT2D eigenvalue weighted by atomic mass is 127. The zero-order valence-electron chi connectivity index (χ0n) is 13.6. The van der Waals surface area contributed by atoms with E-state index in [2.05, 4.69) is 83.3 Å². The molecule has 2 fully saturated rings. The molecule has 2 nitrogen and oxygen atoms in total. The van der Waals surface area contributed by atoms with Crippen LogP contribution in [-0.2, 0) is 0 Å². The molecule has 1 saturated heterocycles. The molecule has 20 heavy (non-hydrogen) atoms. The maximum absolute atomic E-state index is 3.49. The molecule has 4 heteroatoms. The summed E-state index contributed by atoms with van der Waals surface area (Å²) in [6.45, 7) is 7.11. The zero-order chi connectivity index (χ0) is 15.2. The fraction of sp³-hybridized carbons (Fsp3) is 1.00. The predicted molar refractivity (Wildman–Crippen MR) is 107 cm³/mol.